The van der Waals surface area contributed by atoms with Crippen molar-refractivity contribution in [1.82, 2.24) is 0 Å². The van der Waals surface area contributed by atoms with Crippen molar-refractivity contribution in [3.8, 4) is 0 Å². The van der Waals surface area contributed by atoms with E-state index >= 15 is 0 Å². The van der Waals surface area contributed by atoms with E-state index in [1.54, 1.807) is 0 Å². The van der Waals surface area contributed by atoms with Crippen molar-refractivity contribution in [2.24, 2.45) is 10.4 Å². The molecular formula is C13H29AlN2. The Labute approximate surface area is 114 Å². The number of hydrogen-bond acceptors (Lipinski definition) is 1. The second-order valence-electron chi connectivity index (χ2n) is 5.02. The van der Waals surface area contributed by atoms with Crippen LogP contribution in [0.1, 0.15) is 48.5 Å². The third-order valence-electron chi connectivity index (χ3n) is 1.43. The Hall–Kier alpha value is 0.00247. The first-order valence-electron chi connectivity index (χ1n) is 5.02. The van der Waals surface area contributed by atoms with Gasteiger partial charge in [0.05, 0.1) is 0 Å². The molecule has 0 spiro atoms. The summed E-state index contributed by atoms with van der Waals surface area (Å²) < 4.78 is 0. The molecule has 0 heterocycles. The van der Waals surface area contributed by atoms with Crippen molar-refractivity contribution in [2.45, 2.75) is 60.5 Å². The van der Waals surface area contributed by atoms with Crippen LogP contribution in [0.5, 0.6) is 0 Å². The Balaban J connectivity index is -0.000000240. The van der Waals surface area contributed by atoms with E-state index in [1.165, 1.54) is 0 Å². The molecule has 0 atom stereocenters. The molecule has 0 rings (SSSR count). The fourth-order valence-corrected chi connectivity index (χ4v) is 0.910. The zero-order valence-corrected chi connectivity index (χ0v) is 13.8. The molecule has 0 radical (unpaired) electrons. The Morgan fingerprint density at radius 1 is 1.00 bits per heavy atom. The summed E-state index contributed by atoms with van der Waals surface area (Å²) in [6, 6.07) is 0.661. The Kier molecular flexibility index (Phi) is 15.9. The van der Waals surface area contributed by atoms with Gasteiger partial charge in [-0.15, -0.1) is 0 Å². The van der Waals surface area contributed by atoms with Crippen LogP contribution in [0.25, 0.3) is 5.32 Å². The first kappa shape index (κ1) is 25.0. The number of aliphatic imine (C=N–C) groups is 1. The summed E-state index contributed by atoms with van der Waals surface area (Å²) in [5, 5.41) is 4.54. The average Bonchev–Trinajstić information content (AvgIpc) is 1.81. The van der Waals surface area contributed by atoms with Gasteiger partial charge in [0, 0.05) is 0 Å². The minimum atomic E-state index is 0. The van der Waals surface area contributed by atoms with Gasteiger partial charge in [0.1, 0.15) is 0 Å². The maximum atomic E-state index is 4.54. The van der Waals surface area contributed by atoms with Gasteiger partial charge in [0.15, 0.2) is 0 Å². The second kappa shape index (κ2) is 10.2. The van der Waals surface area contributed by atoms with E-state index in [-0.39, 0.29) is 37.6 Å². The van der Waals surface area contributed by atoms with E-state index in [1.807, 2.05) is 0 Å². The number of rotatable bonds is 2. The summed E-state index contributed by atoms with van der Waals surface area (Å²) in [6.45, 7) is 14.8. The zero-order chi connectivity index (χ0) is 10.6. The molecular weight excluding hydrogens is 211 g/mol. The van der Waals surface area contributed by atoms with Crippen LogP contribution in [0, 0.1) is 20.3 Å². The van der Waals surface area contributed by atoms with Crippen LogP contribution < -0.4 is 0 Å². The summed E-state index contributed by atoms with van der Waals surface area (Å²) >= 11 is 0. The molecule has 0 amide bonds. The molecule has 0 aliphatic rings. The molecule has 0 aromatic rings. The Bertz CT molecular complexity index is 179. The zero-order valence-electron chi connectivity index (χ0n) is 12.6. The van der Waals surface area contributed by atoms with E-state index in [4.69, 9.17) is 0 Å². The molecule has 0 fully saturated rings. The van der Waals surface area contributed by atoms with E-state index < -0.39 is 0 Å². The minimum Gasteiger partial charge on any atom is -0.466 e. The van der Waals surface area contributed by atoms with Crippen molar-refractivity contribution in [1.29, 1.82) is 0 Å². The molecule has 0 unspecified atom stereocenters. The van der Waals surface area contributed by atoms with Gasteiger partial charge in [-0.2, -0.15) is 0 Å². The molecule has 3 heteroatoms. The molecule has 0 aromatic carbocycles. The molecule has 2 nitrogen and oxygen atoms in total. The maximum absolute atomic E-state index is 4.54. The van der Waals surface area contributed by atoms with Gasteiger partial charge in [-0.25, -0.2) is 0 Å². The summed E-state index contributed by atoms with van der Waals surface area (Å²) in [7, 11) is 0. The standard InChI is InChI=1S/C11H23N2.2CH3.Al/c1-8(2)12-10(11(5,6)7)13-9(3)4;;;/h8-9H,1-7H3;2*1H3;/q3*-1;+3. The topological polar surface area (TPSA) is 26.5 Å². The average molecular weight is 240 g/mol. The molecule has 0 saturated carbocycles. The Morgan fingerprint density at radius 3 is 1.56 bits per heavy atom. The van der Waals surface area contributed by atoms with Gasteiger partial charge < -0.3 is 25.2 Å². The van der Waals surface area contributed by atoms with E-state index in [2.05, 4.69) is 58.8 Å². The maximum Gasteiger partial charge on any atom is 3.00 e. The minimum absolute atomic E-state index is 0. The third-order valence-corrected chi connectivity index (χ3v) is 1.43. The number of hydrogen-bond donors (Lipinski definition) is 0. The molecule has 0 aliphatic carbocycles. The van der Waals surface area contributed by atoms with E-state index in [9.17, 15) is 0 Å². The van der Waals surface area contributed by atoms with E-state index in [0.717, 1.165) is 5.84 Å². The molecule has 0 saturated heterocycles. The molecule has 0 aromatic heterocycles. The summed E-state index contributed by atoms with van der Waals surface area (Å²) in [4.78, 5) is 4.54. The smallest absolute Gasteiger partial charge is 0.466 e. The van der Waals surface area contributed by atoms with Crippen LogP contribution in [0.4, 0.5) is 0 Å². The molecule has 0 aliphatic heterocycles. The Morgan fingerprint density at radius 2 is 1.38 bits per heavy atom. The quantitative estimate of drug-likeness (QED) is 0.300. The first-order chi connectivity index (χ1) is 5.73. The molecule has 0 N–H and O–H groups in total. The molecule has 94 valence electrons. The van der Waals surface area contributed by atoms with Crippen molar-refractivity contribution < 1.29 is 0 Å². The van der Waals surface area contributed by atoms with Crippen molar-refractivity contribution in [3.63, 3.8) is 0 Å². The number of nitrogens with zero attached hydrogens (tertiary/aromatic N) is 2. The van der Waals surface area contributed by atoms with Crippen molar-refractivity contribution >= 4 is 23.2 Å². The largest absolute Gasteiger partial charge is 3.00 e. The predicted octanol–water partition coefficient (Wildman–Crippen LogP) is 4.14. The monoisotopic (exact) mass is 240 g/mol. The fraction of sp³-hybridized carbons (Fsp3) is 0.769. The van der Waals surface area contributed by atoms with Crippen LogP contribution in [0.2, 0.25) is 0 Å². The SMILES string of the molecule is CC(C)N=C([N-]C(C)C)C(C)(C)C.[Al+3].[CH3-].[CH3-]. The van der Waals surface area contributed by atoms with Gasteiger partial charge in [-0.3, -0.25) is 0 Å². The van der Waals surface area contributed by atoms with Gasteiger partial charge in [-0.1, -0.05) is 54.3 Å². The fourth-order valence-electron chi connectivity index (χ4n) is 0.910. The summed E-state index contributed by atoms with van der Waals surface area (Å²) in [6.07, 6.45) is 0. The normalized spacial score (nSPS) is 11.4. The third kappa shape index (κ3) is 12.1. The van der Waals surface area contributed by atoms with Gasteiger partial charge in [0.2, 0.25) is 0 Å². The molecule has 0 bridgehead atoms. The number of amidine groups is 1. The van der Waals surface area contributed by atoms with Gasteiger partial charge in [-0.05, 0) is 17.5 Å². The van der Waals surface area contributed by atoms with Crippen molar-refractivity contribution in [3.05, 3.63) is 20.2 Å². The second-order valence-corrected chi connectivity index (χ2v) is 5.02. The van der Waals surface area contributed by atoms with Crippen LogP contribution in [-0.4, -0.2) is 35.3 Å². The van der Waals surface area contributed by atoms with Gasteiger partial charge >= 0.3 is 17.4 Å². The predicted molar refractivity (Wildman–Crippen MR) is 79.1 cm³/mol. The first-order valence-corrected chi connectivity index (χ1v) is 5.02. The van der Waals surface area contributed by atoms with Crippen LogP contribution in [0.3, 0.4) is 0 Å². The van der Waals surface area contributed by atoms with Crippen LogP contribution in [-0.2, 0) is 0 Å². The van der Waals surface area contributed by atoms with Gasteiger partial charge in [0.25, 0.3) is 0 Å². The van der Waals surface area contributed by atoms with Crippen LogP contribution >= 0.6 is 0 Å². The summed E-state index contributed by atoms with van der Waals surface area (Å²) in [5.41, 5.74) is 0.0640. The van der Waals surface area contributed by atoms with E-state index in [0.29, 0.717) is 12.1 Å². The van der Waals surface area contributed by atoms with Crippen molar-refractivity contribution in [2.75, 3.05) is 0 Å². The van der Waals surface area contributed by atoms with Crippen LogP contribution in [0.15, 0.2) is 4.99 Å². The summed E-state index contributed by atoms with van der Waals surface area (Å²) in [5.74, 6) is 0.984. The molecule has 16 heavy (non-hydrogen) atoms.